The summed E-state index contributed by atoms with van der Waals surface area (Å²) in [5, 5.41) is 9.81. The number of aromatic amines is 1. The highest BCUT2D eigenvalue weighted by molar-refractivity contribution is 9.10. The van der Waals surface area contributed by atoms with Crippen molar-refractivity contribution >= 4 is 28.1 Å². The molecule has 4 aromatic rings. The highest BCUT2D eigenvalue weighted by atomic mass is 79.9. The second kappa shape index (κ2) is 9.30. The third kappa shape index (κ3) is 4.61. The molecule has 0 radical (unpaired) electrons. The predicted octanol–water partition coefficient (Wildman–Crippen LogP) is 7.60. The Labute approximate surface area is 195 Å². The third-order valence-electron chi connectivity index (χ3n) is 5.12. The molecule has 0 spiro atoms. The smallest absolute Gasteiger partial charge is 0.127 e. The lowest BCUT2D eigenvalue weighted by atomic mass is 9.98. The second-order valence-electron chi connectivity index (χ2n) is 7.13. The lowest BCUT2D eigenvalue weighted by molar-refractivity contribution is 0.307. The first kappa shape index (κ1) is 21.0. The number of hydrogen-bond donors (Lipinski definition) is 1. The topological polar surface area (TPSA) is 48.8 Å². The molecule has 1 aromatic heterocycles. The summed E-state index contributed by atoms with van der Waals surface area (Å²) in [6.07, 6.45) is 0. The van der Waals surface area contributed by atoms with Crippen molar-refractivity contribution in [1.82, 2.24) is 4.98 Å². The minimum Gasteiger partial charge on any atom is -0.488 e. The quantitative estimate of drug-likeness (QED) is 0.295. The van der Waals surface area contributed by atoms with E-state index in [4.69, 9.17) is 17.0 Å². The third-order valence-corrected chi connectivity index (χ3v) is 5.96. The number of rotatable bonds is 5. The van der Waals surface area contributed by atoms with Crippen LogP contribution in [-0.4, -0.2) is 4.98 Å². The number of aromatic nitrogens is 1. The Morgan fingerprint density at radius 3 is 2.42 bits per heavy atom. The van der Waals surface area contributed by atoms with Crippen LogP contribution in [0.2, 0.25) is 0 Å². The highest BCUT2D eigenvalue weighted by Crippen LogP contribution is 2.35. The van der Waals surface area contributed by atoms with Gasteiger partial charge in [0.2, 0.25) is 0 Å². The summed E-state index contributed by atoms with van der Waals surface area (Å²) in [6, 6.07) is 28.1. The van der Waals surface area contributed by atoms with E-state index in [0.29, 0.717) is 22.6 Å². The summed E-state index contributed by atoms with van der Waals surface area (Å²) >= 11 is 8.99. The fourth-order valence-electron chi connectivity index (χ4n) is 3.41. The Balaban J connectivity index is 1.79. The first-order valence-electron chi connectivity index (χ1n) is 9.77. The zero-order chi connectivity index (χ0) is 21.8. The van der Waals surface area contributed by atoms with Gasteiger partial charge in [-0.3, -0.25) is 0 Å². The summed E-state index contributed by atoms with van der Waals surface area (Å²) in [5.74, 6) is 0.713. The van der Waals surface area contributed by atoms with Crippen LogP contribution in [0.15, 0.2) is 83.3 Å². The van der Waals surface area contributed by atoms with Crippen molar-refractivity contribution in [2.24, 2.45) is 0 Å². The van der Waals surface area contributed by atoms with E-state index < -0.39 is 0 Å². The lowest BCUT2D eigenvalue weighted by Gasteiger charge is -2.15. The molecule has 3 nitrogen and oxygen atoms in total. The largest absolute Gasteiger partial charge is 0.488 e. The van der Waals surface area contributed by atoms with Crippen molar-refractivity contribution < 1.29 is 4.74 Å². The number of nitrogens with zero attached hydrogens (tertiary/aromatic N) is 1. The molecule has 0 aliphatic heterocycles. The molecule has 0 aliphatic rings. The Bertz CT molecular complexity index is 1340. The van der Waals surface area contributed by atoms with Gasteiger partial charge in [0, 0.05) is 21.3 Å². The minimum atomic E-state index is 0.409. The van der Waals surface area contributed by atoms with Crippen LogP contribution in [-0.2, 0) is 6.61 Å². The lowest BCUT2D eigenvalue weighted by Crippen LogP contribution is -2.00. The van der Waals surface area contributed by atoms with Crippen LogP contribution in [0.5, 0.6) is 5.75 Å². The zero-order valence-electron chi connectivity index (χ0n) is 16.9. The maximum Gasteiger partial charge on any atom is 0.127 e. The van der Waals surface area contributed by atoms with Gasteiger partial charge in [-0.1, -0.05) is 82.7 Å². The molecule has 0 saturated heterocycles. The van der Waals surface area contributed by atoms with Crippen LogP contribution < -0.4 is 4.74 Å². The summed E-state index contributed by atoms with van der Waals surface area (Å²) in [4.78, 5) is 3.19. The van der Waals surface area contributed by atoms with Crippen LogP contribution in [0.1, 0.15) is 16.7 Å². The number of ether oxygens (including phenoxy) is 1. The van der Waals surface area contributed by atoms with E-state index in [1.54, 1.807) is 0 Å². The van der Waals surface area contributed by atoms with Crippen LogP contribution in [0.4, 0.5) is 0 Å². The number of benzene rings is 3. The molecule has 1 heterocycles. The maximum atomic E-state index is 9.81. The van der Waals surface area contributed by atoms with Crippen LogP contribution in [0.25, 0.3) is 22.4 Å². The summed E-state index contributed by atoms with van der Waals surface area (Å²) < 4.78 is 7.61. The number of pyridine rings is 1. The van der Waals surface area contributed by atoms with E-state index in [2.05, 4.69) is 46.0 Å². The van der Waals surface area contributed by atoms with Crippen molar-refractivity contribution in [3.8, 4) is 34.2 Å². The van der Waals surface area contributed by atoms with Gasteiger partial charge in [0.1, 0.15) is 23.1 Å². The van der Waals surface area contributed by atoms with Gasteiger partial charge in [-0.25, -0.2) is 0 Å². The fraction of sp³-hybridized carbons (Fsp3) is 0.0769. The van der Waals surface area contributed by atoms with Crippen molar-refractivity contribution in [3.05, 3.63) is 105 Å². The number of nitrogens with one attached hydrogen (secondary N) is 1. The van der Waals surface area contributed by atoms with Crippen molar-refractivity contribution in [2.75, 3.05) is 0 Å². The zero-order valence-corrected chi connectivity index (χ0v) is 19.3. The molecule has 1 N–H and O–H groups in total. The van der Waals surface area contributed by atoms with E-state index in [0.717, 1.165) is 32.4 Å². The standard InChI is InChI=1S/C26H19BrN2OS/c1-17-6-2-3-7-19(17)16-30-25-9-5-4-8-21(25)22-14-24(29-26(31)23(22)15-28)18-10-12-20(27)13-11-18/h2-14H,16H2,1H3,(H,29,31). The summed E-state index contributed by atoms with van der Waals surface area (Å²) in [5.41, 5.74) is 6.16. The van der Waals surface area contributed by atoms with E-state index >= 15 is 0 Å². The van der Waals surface area contributed by atoms with Crippen molar-refractivity contribution in [2.45, 2.75) is 13.5 Å². The first-order chi connectivity index (χ1) is 15.1. The number of hydrogen-bond acceptors (Lipinski definition) is 3. The monoisotopic (exact) mass is 486 g/mol. The van der Waals surface area contributed by atoms with Crippen LogP contribution in [0, 0.1) is 22.9 Å². The van der Waals surface area contributed by atoms with Gasteiger partial charge < -0.3 is 9.72 Å². The number of nitriles is 1. The van der Waals surface area contributed by atoms with E-state index in [1.807, 2.05) is 66.7 Å². The van der Waals surface area contributed by atoms with Gasteiger partial charge >= 0.3 is 0 Å². The molecule has 5 heteroatoms. The number of H-pyrrole nitrogens is 1. The van der Waals surface area contributed by atoms with Gasteiger partial charge in [0.15, 0.2) is 0 Å². The SMILES string of the molecule is Cc1ccccc1COc1ccccc1-c1cc(-c2ccc(Br)cc2)[nH]c(=S)c1C#N. The van der Waals surface area contributed by atoms with E-state index in [9.17, 15) is 5.26 Å². The van der Waals surface area contributed by atoms with Gasteiger partial charge in [-0.2, -0.15) is 5.26 Å². The average Bonchev–Trinajstić information content (AvgIpc) is 2.79. The molecular formula is C26H19BrN2OS. The second-order valence-corrected chi connectivity index (χ2v) is 8.45. The number of halogens is 1. The van der Waals surface area contributed by atoms with Gasteiger partial charge in [-0.05, 0) is 47.9 Å². The Kier molecular flexibility index (Phi) is 6.31. The predicted molar refractivity (Wildman–Crippen MR) is 130 cm³/mol. The molecular weight excluding hydrogens is 468 g/mol. The summed E-state index contributed by atoms with van der Waals surface area (Å²) in [6.45, 7) is 2.52. The number of aryl methyl sites for hydroxylation is 1. The average molecular weight is 487 g/mol. The van der Waals surface area contributed by atoms with Crippen LogP contribution >= 0.6 is 28.1 Å². The molecule has 0 saturated carbocycles. The number of para-hydroxylation sites is 1. The van der Waals surface area contributed by atoms with Gasteiger partial charge in [0.05, 0.1) is 5.56 Å². The minimum absolute atomic E-state index is 0.409. The first-order valence-corrected chi connectivity index (χ1v) is 11.0. The summed E-state index contributed by atoms with van der Waals surface area (Å²) in [7, 11) is 0. The molecule has 0 fully saturated rings. The molecule has 3 aromatic carbocycles. The Morgan fingerprint density at radius 1 is 0.968 bits per heavy atom. The Hall–Kier alpha value is -3.20. The highest BCUT2D eigenvalue weighted by Gasteiger charge is 2.15. The van der Waals surface area contributed by atoms with E-state index in [1.165, 1.54) is 5.56 Å². The van der Waals surface area contributed by atoms with Gasteiger partial charge in [-0.15, -0.1) is 0 Å². The normalized spacial score (nSPS) is 10.5. The van der Waals surface area contributed by atoms with E-state index in [-0.39, 0.29) is 0 Å². The maximum absolute atomic E-state index is 9.81. The molecule has 4 rings (SSSR count). The Morgan fingerprint density at radius 2 is 1.68 bits per heavy atom. The molecule has 31 heavy (non-hydrogen) atoms. The van der Waals surface area contributed by atoms with Gasteiger partial charge in [0.25, 0.3) is 0 Å². The molecule has 0 unspecified atom stereocenters. The molecule has 0 bridgehead atoms. The van der Waals surface area contributed by atoms with Crippen LogP contribution in [0.3, 0.4) is 0 Å². The molecule has 0 atom stereocenters. The molecule has 0 aliphatic carbocycles. The molecule has 152 valence electrons. The van der Waals surface area contributed by atoms with Crippen molar-refractivity contribution in [3.63, 3.8) is 0 Å². The van der Waals surface area contributed by atoms with Crippen molar-refractivity contribution in [1.29, 1.82) is 5.26 Å². The fourth-order valence-corrected chi connectivity index (χ4v) is 3.94. The molecule has 0 amide bonds.